The highest BCUT2D eigenvalue weighted by Gasteiger charge is 2.20. The Kier molecular flexibility index (Phi) is 5.26. The number of ether oxygens (including phenoxy) is 1. The van der Waals surface area contributed by atoms with Crippen molar-refractivity contribution in [1.29, 1.82) is 0 Å². The van der Waals surface area contributed by atoms with Crippen LogP contribution in [0, 0.1) is 0 Å². The first-order valence-electron chi connectivity index (χ1n) is 6.64. The summed E-state index contributed by atoms with van der Waals surface area (Å²) in [7, 11) is 0. The van der Waals surface area contributed by atoms with Crippen LogP contribution < -0.4 is 5.32 Å². The predicted molar refractivity (Wildman–Crippen MR) is 76.2 cm³/mol. The first-order valence-corrected chi connectivity index (χ1v) is 7.80. The van der Waals surface area contributed by atoms with E-state index in [2.05, 4.69) is 29.1 Å². The molecule has 5 heteroatoms. The van der Waals surface area contributed by atoms with Gasteiger partial charge in [0, 0.05) is 29.8 Å². The van der Waals surface area contributed by atoms with E-state index in [9.17, 15) is 0 Å². The van der Waals surface area contributed by atoms with Crippen LogP contribution in [0.4, 0.5) is 5.82 Å². The average Bonchev–Trinajstić information content (AvgIpc) is 2.45. The van der Waals surface area contributed by atoms with E-state index in [0.717, 1.165) is 54.8 Å². The Hall–Kier alpha value is -0.810. The van der Waals surface area contributed by atoms with Gasteiger partial charge in [-0.25, -0.2) is 9.97 Å². The number of rotatable bonds is 5. The fourth-order valence-corrected chi connectivity index (χ4v) is 2.66. The van der Waals surface area contributed by atoms with Gasteiger partial charge in [0.15, 0.2) is 5.82 Å². The standard InChI is InChI=1S/C13H21N3OS/c1-3-5-14-12-8-10(4-2)15-13(16-12)11-9-18-7-6-17-11/h8,11H,3-7,9H2,1-2H3,(H,14,15,16). The fourth-order valence-electron chi connectivity index (χ4n) is 1.82. The molecule has 1 N–H and O–H groups in total. The molecule has 4 nitrogen and oxygen atoms in total. The van der Waals surface area contributed by atoms with Gasteiger partial charge >= 0.3 is 0 Å². The van der Waals surface area contributed by atoms with E-state index in [1.807, 2.05) is 17.8 Å². The summed E-state index contributed by atoms with van der Waals surface area (Å²) in [5, 5.41) is 3.34. The SMILES string of the molecule is CCCNc1cc(CC)nc(C2CSCCO2)n1. The molecular formula is C13H21N3OS. The lowest BCUT2D eigenvalue weighted by atomic mass is 10.3. The zero-order chi connectivity index (χ0) is 12.8. The average molecular weight is 267 g/mol. The minimum absolute atomic E-state index is 0.0532. The lowest BCUT2D eigenvalue weighted by Crippen LogP contribution is -2.19. The number of aryl methyl sites for hydroxylation is 1. The third-order valence-electron chi connectivity index (χ3n) is 2.82. The molecule has 1 aliphatic rings. The molecule has 0 spiro atoms. The Morgan fingerprint density at radius 3 is 3.00 bits per heavy atom. The Bertz CT molecular complexity index is 380. The van der Waals surface area contributed by atoms with Crippen LogP contribution >= 0.6 is 11.8 Å². The number of nitrogens with one attached hydrogen (secondary N) is 1. The molecule has 0 amide bonds. The number of aromatic nitrogens is 2. The largest absolute Gasteiger partial charge is 0.370 e. The van der Waals surface area contributed by atoms with Crippen molar-refractivity contribution in [3.8, 4) is 0 Å². The molecule has 2 heterocycles. The molecular weight excluding hydrogens is 246 g/mol. The summed E-state index contributed by atoms with van der Waals surface area (Å²) < 4.78 is 5.75. The van der Waals surface area contributed by atoms with Gasteiger partial charge in [-0.3, -0.25) is 0 Å². The van der Waals surface area contributed by atoms with E-state index in [-0.39, 0.29) is 6.10 Å². The second kappa shape index (κ2) is 6.95. The minimum Gasteiger partial charge on any atom is -0.370 e. The van der Waals surface area contributed by atoms with Crippen molar-refractivity contribution in [3.63, 3.8) is 0 Å². The van der Waals surface area contributed by atoms with Gasteiger partial charge in [0.05, 0.1) is 6.61 Å². The summed E-state index contributed by atoms with van der Waals surface area (Å²) in [6.45, 7) is 6.01. The highest BCUT2D eigenvalue weighted by molar-refractivity contribution is 7.99. The van der Waals surface area contributed by atoms with Crippen LogP contribution in [-0.2, 0) is 11.2 Å². The first-order chi connectivity index (χ1) is 8.83. The molecule has 1 aromatic rings. The topological polar surface area (TPSA) is 47.0 Å². The monoisotopic (exact) mass is 267 g/mol. The van der Waals surface area contributed by atoms with E-state index < -0.39 is 0 Å². The Morgan fingerprint density at radius 1 is 1.44 bits per heavy atom. The van der Waals surface area contributed by atoms with Crippen LogP contribution in [0.2, 0.25) is 0 Å². The lowest BCUT2D eigenvalue weighted by Gasteiger charge is -2.21. The highest BCUT2D eigenvalue weighted by Crippen LogP contribution is 2.25. The third kappa shape index (κ3) is 3.59. The number of anilines is 1. The first kappa shape index (κ1) is 13.6. The molecule has 2 rings (SSSR count). The molecule has 1 fully saturated rings. The Balaban J connectivity index is 2.16. The van der Waals surface area contributed by atoms with Gasteiger partial charge in [0.1, 0.15) is 11.9 Å². The molecule has 0 aliphatic carbocycles. The molecule has 1 aliphatic heterocycles. The molecule has 1 atom stereocenters. The summed E-state index contributed by atoms with van der Waals surface area (Å²) in [6, 6.07) is 2.04. The van der Waals surface area contributed by atoms with Crippen molar-refractivity contribution in [3.05, 3.63) is 17.6 Å². The van der Waals surface area contributed by atoms with E-state index in [1.165, 1.54) is 0 Å². The third-order valence-corrected chi connectivity index (χ3v) is 3.81. The van der Waals surface area contributed by atoms with Gasteiger partial charge < -0.3 is 10.1 Å². The maximum atomic E-state index is 5.75. The number of nitrogens with zero attached hydrogens (tertiary/aromatic N) is 2. The van der Waals surface area contributed by atoms with Crippen LogP contribution in [0.3, 0.4) is 0 Å². The molecule has 18 heavy (non-hydrogen) atoms. The van der Waals surface area contributed by atoms with Crippen LogP contribution in [0.25, 0.3) is 0 Å². The molecule has 0 aromatic carbocycles. The normalized spacial score (nSPS) is 19.8. The van der Waals surface area contributed by atoms with E-state index in [0.29, 0.717) is 0 Å². The van der Waals surface area contributed by atoms with Crippen molar-refractivity contribution in [2.75, 3.05) is 30.0 Å². The molecule has 0 bridgehead atoms. The summed E-state index contributed by atoms with van der Waals surface area (Å²) in [5.41, 5.74) is 1.08. The molecule has 0 radical (unpaired) electrons. The lowest BCUT2D eigenvalue weighted by molar-refractivity contribution is 0.0694. The minimum atomic E-state index is 0.0532. The maximum Gasteiger partial charge on any atom is 0.160 e. The van der Waals surface area contributed by atoms with Gasteiger partial charge in [0.2, 0.25) is 0 Å². The highest BCUT2D eigenvalue weighted by atomic mass is 32.2. The molecule has 0 saturated carbocycles. The Labute approximate surface area is 113 Å². The van der Waals surface area contributed by atoms with Gasteiger partial charge in [-0.1, -0.05) is 13.8 Å². The quantitative estimate of drug-likeness (QED) is 0.888. The molecule has 1 unspecified atom stereocenters. The van der Waals surface area contributed by atoms with Crippen LogP contribution in [-0.4, -0.2) is 34.6 Å². The second-order valence-electron chi connectivity index (χ2n) is 4.32. The fraction of sp³-hybridized carbons (Fsp3) is 0.692. The smallest absolute Gasteiger partial charge is 0.160 e. The van der Waals surface area contributed by atoms with Crippen molar-refractivity contribution in [2.24, 2.45) is 0 Å². The van der Waals surface area contributed by atoms with Crippen molar-refractivity contribution < 1.29 is 4.74 Å². The van der Waals surface area contributed by atoms with Crippen LogP contribution in [0.1, 0.15) is 37.9 Å². The number of thioether (sulfide) groups is 1. The predicted octanol–water partition coefficient (Wildman–Crippen LogP) is 2.67. The van der Waals surface area contributed by atoms with Crippen LogP contribution in [0.15, 0.2) is 6.07 Å². The van der Waals surface area contributed by atoms with Gasteiger partial charge in [-0.05, 0) is 12.8 Å². The summed E-state index contributed by atoms with van der Waals surface area (Å²) in [6.07, 6.45) is 2.07. The number of hydrogen-bond donors (Lipinski definition) is 1. The van der Waals surface area contributed by atoms with Gasteiger partial charge in [0.25, 0.3) is 0 Å². The molecule has 1 saturated heterocycles. The van der Waals surface area contributed by atoms with Gasteiger partial charge in [-0.2, -0.15) is 11.8 Å². The van der Waals surface area contributed by atoms with Crippen molar-refractivity contribution in [2.45, 2.75) is 32.8 Å². The zero-order valence-electron chi connectivity index (χ0n) is 11.1. The second-order valence-corrected chi connectivity index (χ2v) is 5.47. The van der Waals surface area contributed by atoms with E-state index in [1.54, 1.807) is 0 Å². The van der Waals surface area contributed by atoms with Crippen molar-refractivity contribution in [1.82, 2.24) is 9.97 Å². The van der Waals surface area contributed by atoms with Gasteiger partial charge in [-0.15, -0.1) is 0 Å². The molecule has 1 aromatic heterocycles. The summed E-state index contributed by atoms with van der Waals surface area (Å²) in [4.78, 5) is 9.18. The van der Waals surface area contributed by atoms with E-state index >= 15 is 0 Å². The zero-order valence-corrected chi connectivity index (χ0v) is 11.9. The summed E-state index contributed by atoms with van der Waals surface area (Å²) >= 11 is 1.91. The Morgan fingerprint density at radius 2 is 2.33 bits per heavy atom. The van der Waals surface area contributed by atoms with Crippen molar-refractivity contribution >= 4 is 17.6 Å². The van der Waals surface area contributed by atoms with E-state index in [4.69, 9.17) is 4.74 Å². The summed E-state index contributed by atoms with van der Waals surface area (Å²) in [5.74, 6) is 3.80. The number of hydrogen-bond acceptors (Lipinski definition) is 5. The maximum absolute atomic E-state index is 5.75. The molecule has 100 valence electrons. The van der Waals surface area contributed by atoms with Crippen LogP contribution in [0.5, 0.6) is 0 Å².